The van der Waals surface area contributed by atoms with Gasteiger partial charge < -0.3 is 16.0 Å². The lowest BCUT2D eigenvalue weighted by Crippen LogP contribution is -2.26. The molecule has 3 aromatic rings. The van der Waals surface area contributed by atoms with Gasteiger partial charge >= 0.3 is 0 Å². The van der Waals surface area contributed by atoms with Crippen molar-refractivity contribution in [3.8, 4) is 0 Å². The number of amides is 1. The number of fused-ring (bicyclic) bond motifs is 1. The van der Waals surface area contributed by atoms with Crippen LogP contribution in [0.2, 0.25) is 0 Å². The molecule has 0 saturated heterocycles. The number of carbonyl (C=O) groups excluding carboxylic acids is 1. The molecule has 0 aliphatic heterocycles. The Hall–Kier alpha value is -2.34. The first-order chi connectivity index (χ1) is 9.65. The lowest BCUT2D eigenvalue weighted by molar-refractivity contribution is 0.0941. The van der Waals surface area contributed by atoms with Crippen LogP contribution in [-0.2, 0) is 0 Å². The van der Waals surface area contributed by atoms with Crippen LogP contribution < -0.4 is 11.1 Å². The van der Waals surface area contributed by atoms with E-state index in [0.717, 1.165) is 15.9 Å². The van der Waals surface area contributed by atoms with Crippen molar-refractivity contribution in [3.05, 3.63) is 46.5 Å². The molecular formula is C14H14N4OS. The van der Waals surface area contributed by atoms with Crippen LogP contribution in [0.3, 0.4) is 0 Å². The summed E-state index contributed by atoms with van der Waals surface area (Å²) in [6, 6.07) is 5.35. The molecule has 0 radical (unpaired) electrons. The minimum Gasteiger partial charge on any atom is -0.399 e. The highest BCUT2D eigenvalue weighted by Gasteiger charge is 2.16. The number of thiazole rings is 1. The third-order valence-electron chi connectivity index (χ3n) is 3.12. The molecule has 2 heterocycles. The molecule has 1 aromatic carbocycles. The van der Waals surface area contributed by atoms with Gasteiger partial charge in [0.15, 0.2) is 0 Å². The summed E-state index contributed by atoms with van der Waals surface area (Å²) in [5.41, 5.74) is 7.90. The van der Waals surface area contributed by atoms with Crippen LogP contribution in [0, 0.1) is 0 Å². The van der Waals surface area contributed by atoms with Gasteiger partial charge in [-0.3, -0.25) is 4.79 Å². The predicted octanol–water partition coefficient (Wildman–Crippen LogP) is 2.70. The van der Waals surface area contributed by atoms with Crippen LogP contribution in [0.25, 0.3) is 10.9 Å². The maximum Gasteiger partial charge on any atom is 0.254 e. The topological polar surface area (TPSA) is 83.8 Å². The van der Waals surface area contributed by atoms with Crippen LogP contribution in [0.15, 0.2) is 36.0 Å². The number of aromatic nitrogens is 2. The number of nitrogens with one attached hydrogen (secondary N) is 2. The second kappa shape index (κ2) is 4.97. The van der Waals surface area contributed by atoms with Crippen LogP contribution in [0.1, 0.15) is 28.3 Å². The molecule has 6 heteroatoms. The molecule has 20 heavy (non-hydrogen) atoms. The Morgan fingerprint density at radius 1 is 1.50 bits per heavy atom. The third-order valence-corrected chi connectivity index (χ3v) is 4.08. The fourth-order valence-corrected chi connectivity index (χ4v) is 2.76. The monoisotopic (exact) mass is 286 g/mol. The lowest BCUT2D eigenvalue weighted by atomic mass is 10.1. The number of hydrogen-bond acceptors (Lipinski definition) is 4. The zero-order valence-electron chi connectivity index (χ0n) is 10.9. The molecule has 1 amide bonds. The van der Waals surface area contributed by atoms with Gasteiger partial charge in [-0.15, -0.1) is 11.3 Å². The Kier molecular flexibility index (Phi) is 3.15. The Balaban J connectivity index is 1.87. The number of carbonyl (C=O) groups is 1. The molecule has 0 fully saturated rings. The summed E-state index contributed by atoms with van der Waals surface area (Å²) in [5, 5.41) is 6.55. The van der Waals surface area contributed by atoms with Gasteiger partial charge in [-0.25, -0.2) is 4.98 Å². The Labute approximate surface area is 119 Å². The number of anilines is 1. The van der Waals surface area contributed by atoms with Gasteiger partial charge in [-0.1, -0.05) is 0 Å². The molecule has 0 bridgehead atoms. The van der Waals surface area contributed by atoms with E-state index in [1.807, 2.05) is 18.4 Å². The molecular weight excluding hydrogens is 272 g/mol. The number of H-pyrrole nitrogens is 1. The van der Waals surface area contributed by atoms with Crippen molar-refractivity contribution < 1.29 is 4.79 Å². The van der Waals surface area contributed by atoms with E-state index in [1.165, 1.54) is 11.3 Å². The standard InChI is InChI=1S/C14H14N4OS/c1-8(14-16-4-5-20-14)18-13(19)11-7-17-12-3-2-9(15)6-10(11)12/h2-8,17H,15H2,1H3,(H,18,19). The van der Waals surface area contributed by atoms with Crippen LogP contribution >= 0.6 is 11.3 Å². The first-order valence-corrected chi connectivity index (χ1v) is 7.10. The van der Waals surface area contributed by atoms with E-state index < -0.39 is 0 Å². The largest absolute Gasteiger partial charge is 0.399 e. The second-order valence-corrected chi connectivity index (χ2v) is 5.50. The normalized spacial score (nSPS) is 12.4. The van der Waals surface area contributed by atoms with E-state index in [9.17, 15) is 4.79 Å². The van der Waals surface area contributed by atoms with Gasteiger partial charge in [-0.2, -0.15) is 0 Å². The maximum absolute atomic E-state index is 12.3. The summed E-state index contributed by atoms with van der Waals surface area (Å²) in [7, 11) is 0. The van der Waals surface area contributed by atoms with Gasteiger partial charge in [0, 0.05) is 34.4 Å². The molecule has 2 aromatic heterocycles. The highest BCUT2D eigenvalue weighted by Crippen LogP contribution is 2.22. The van der Waals surface area contributed by atoms with Gasteiger partial charge in [0.2, 0.25) is 0 Å². The first kappa shape index (κ1) is 12.7. The summed E-state index contributed by atoms with van der Waals surface area (Å²) in [6.07, 6.45) is 3.43. The van der Waals surface area contributed by atoms with E-state index >= 15 is 0 Å². The molecule has 0 aliphatic carbocycles. The van der Waals surface area contributed by atoms with Gasteiger partial charge in [0.25, 0.3) is 5.91 Å². The Bertz CT molecular complexity index is 748. The summed E-state index contributed by atoms with van der Waals surface area (Å²) in [5.74, 6) is -0.135. The van der Waals surface area contributed by atoms with Crippen LogP contribution in [0.5, 0.6) is 0 Å². The van der Waals surface area contributed by atoms with E-state index in [1.54, 1.807) is 24.5 Å². The molecule has 1 unspecified atom stereocenters. The van der Waals surface area contributed by atoms with Crippen molar-refractivity contribution in [1.29, 1.82) is 0 Å². The summed E-state index contributed by atoms with van der Waals surface area (Å²) in [4.78, 5) is 19.6. The molecule has 5 nitrogen and oxygen atoms in total. The number of rotatable bonds is 3. The molecule has 3 rings (SSSR count). The summed E-state index contributed by atoms with van der Waals surface area (Å²) >= 11 is 1.52. The fourth-order valence-electron chi connectivity index (χ4n) is 2.11. The van der Waals surface area contributed by atoms with E-state index in [-0.39, 0.29) is 11.9 Å². The number of nitrogens with two attached hydrogens (primary N) is 1. The second-order valence-electron chi connectivity index (χ2n) is 4.57. The van der Waals surface area contributed by atoms with E-state index in [2.05, 4.69) is 15.3 Å². The SMILES string of the molecule is CC(NC(=O)c1c[nH]c2ccc(N)cc12)c1nccs1. The molecule has 1 atom stereocenters. The van der Waals surface area contributed by atoms with Crippen molar-refractivity contribution in [2.45, 2.75) is 13.0 Å². The molecule has 0 saturated carbocycles. The van der Waals surface area contributed by atoms with Gasteiger partial charge in [-0.05, 0) is 25.1 Å². The quantitative estimate of drug-likeness (QED) is 0.647. The predicted molar refractivity (Wildman–Crippen MR) is 80.7 cm³/mol. The highest BCUT2D eigenvalue weighted by molar-refractivity contribution is 7.09. The van der Waals surface area contributed by atoms with E-state index in [0.29, 0.717) is 11.3 Å². The lowest BCUT2D eigenvalue weighted by Gasteiger charge is -2.10. The smallest absolute Gasteiger partial charge is 0.254 e. The van der Waals surface area contributed by atoms with Gasteiger partial charge in [0.05, 0.1) is 11.6 Å². The highest BCUT2D eigenvalue weighted by atomic mass is 32.1. The average molecular weight is 286 g/mol. The average Bonchev–Trinajstić information content (AvgIpc) is 3.07. The number of nitrogens with zero attached hydrogens (tertiary/aromatic N) is 1. The number of aromatic amines is 1. The van der Waals surface area contributed by atoms with Gasteiger partial charge in [0.1, 0.15) is 5.01 Å². The summed E-state index contributed by atoms with van der Waals surface area (Å²) < 4.78 is 0. The minimum atomic E-state index is -0.135. The number of hydrogen-bond donors (Lipinski definition) is 3. The van der Waals surface area contributed by atoms with Crippen molar-refractivity contribution in [2.24, 2.45) is 0 Å². The first-order valence-electron chi connectivity index (χ1n) is 6.22. The van der Waals surface area contributed by atoms with Crippen LogP contribution in [-0.4, -0.2) is 15.9 Å². The maximum atomic E-state index is 12.3. The minimum absolute atomic E-state index is 0.117. The molecule has 0 spiro atoms. The zero-order chi connectivity index (χ0) is 14.1. The fraction of sp³-hybridized carbons (Fsp3) is 0.143. The summed E-state index contributed by atoms with van der Waals surface area (Å²) in [6.45, 7) is 1.92. The molecule has 102 valence electrons. The van der Waals surface area contributed by atoms with Crippen molar-refractivity contribution in [3.63, 3.8) is 0 Å². The van der Waals surface area contributed by atoms with Crippen molar-refractivity contribution in [1.82, 2.24) is 15.3 Å². The van der Waals surface area contributed by atoms with E-state index in [4.69, 9.17) is 5.73 Å². The van der Waals surface area contributed by atoms with Crippen molar-refractivity contribution >= 4 is 33.8 Å². The third kappa shape index (κ3) is 2.25. The molecule has 0 aliphatic rings. The molecule has 4 N–H and O–H groups in total. The zero-order valence-corrected chi connectivity index (χ0v) is 11.7. The van der Waals surface area contributed by atoms with Crippen LogP contribution in [0.4, 0.5) is 5.69 Å². The van der Waals surface area contributed by atoms with Crippen molar-refractivity contribution in [2.75, 3.05) is 5.73 Å². The number of nitrogen functional groups attached to an aromatic ring is 1. The Morgan fingerprint density at radius 2 is 2.35 bits per heavy atom. The Morgan fingerprint density at radius 3 is 3.10 bits per heavy atom. The number of benzene rings is 1.